The molecule has 0 radical (unpaired) electrons. The van der Waals surface area contributed by atoms with Crippen molar-refractivity contribution in [1.82, 2.24) is 5.32 Å². The third kappa shape index (κ3) is 4.05. The molecule has 0 unspecified atom stereocenters. The first kappa shape index (κ1) is 20.0. The van der Waals surface area contributed by atoms with E-state index in [1.807, 2.05) is 19.1 Å². The fourth-order valence-corrected chi connectivity index (χ4v) is 4.96. The molecule has 5 nitrogen and oxygen atoms in total. The van der Waals surface area contributed by atoms with Crippen LogP contribution in [0.25, 0.3) is 11.0 Å². The summed E-state index contributed by atoms with van der Waals surface area (Å²) in [4.78, 5) is 25.0. The van der Waals surface area contributed by atoms with Gasteiger partial charge in [0.25, 0.3) is 5.91 Å². The number of benzene rings is 1. The first-order chi connectivity index (χ1) is 13.9. The Labute approximate surface area is 171 Å². The largest absolute Gasteiger partial charge is 0.483 e. The van der Waals surface area contributed by atoms with Crippen molar-refractivity contribution in [3.8, 4) is 5.75 Å². The Morgan fingerprint density at radius 1 is 1.14 bits per heavy atom. The zero-order valence-corrected chi connectivity index (χ0v) is 17.7. The summed E-state index contributed by atoms with van der Waals surface area (Å²) in [5, 5.41) is 4.02. The standard InChI is InChI=1S/C24H31NO4/c1-14-11-20(28-13-22(26)25-19-10-6-7-15(2)16(19)3)23-17-8-4-5-9-18(17)24(27)29-21(23)12-14/h11-12,15-16,19H,4-10,13H2,1-3H3,(H,25,26)/t15-,16-,19+/m1/s1. The maximum atomic E-state index is 12.6. The molecule has 0 aliphatic heterocycles. The molecular weight excluding hydrogens is 366 g/mol. The van der Waals surface area contributed by atoms with Crippen molar-refractivity contribution in [2.24, 2.45) is 11.8 Å². The first-order valence-corrected chi connectivity index (χ1v) is 11.0. The van der Waals surface area contributed by atoms with Gasteiger partial charge < -0.3 is 14.5 Å². The molecular formula is C24H31NO4. The van der Waals surface area contributed by atoms with Gasteiger partial charge in [-0.2, -0.15) is 0 Å². The van der Waals surface area contributed by atoms with E-state index in [0.717, 1.165) is 60.6 Å². The van der Waals surface area contributed by atoms with E-state index in [1.54, 1.807) is 0 Å². The number of ether oxygens (including phenoxy) is 1. The van der Waals surface area contributed by atoms with E-state index in [4.69, 9.17) is 9.15 Å². The van der Waals surface area contributed by atoms with Crippen LogP contribution in [0.4, 0.5) is 0 Å². The first-order valence-electron chi connectivity index (χ1n) is 11.0. The Morgan fingerprint density at radius 2 is 1.90 bits per heavy atom. The molecule has 156 valence electrons. The third-order valence-corrected chi connectivity index (χ3v) is 6.84. The van der Waals surface area contributed by atoms with E-state index in [1.165, 1.54) is 6.42 Å². The molecule has 0 spiro atoms. The van der Waals surface area contributed by atoms with Gasteiger partial charge in [-0.15, -0.1) is 0 Å². The number of nitrogens with one attached hydrogen (secondary N) is 1. The summed E-state index contributed by atoms with van der Waals surface area (Å²) < 4.78 is 11.6. The summed E-state index contributed by atoms with van der Waals surface area (Å²) in [6, 6.07) is 4.04. The van der Waals surface area contributed by atoms with E-state index in [9.17, 15) is 9.59 Å². The number of carbonyl (C=O) groups is 1. The van der Waals surface area contributed by atoms with Gasteiger partial charge in [0.05, 0.1) is 5.39 Å². The molecule has 1 aromatic heterocycles. The summed E-state index contributed by atoms with van der Waals surface area (Å²) in [7, 11) is 0. The molecule has 2 aliphatic carbocycles. The molecule has 3 atom stereocenters. The number of hydrogen-bond acceptors (Lipinski definition) is 4. The van der Waals surface area contributed by atoms with Crippen LogP contribution in [0.3, 0.4) is 0 Å². The maximum absolute atomic E-state index is 12.6. The van der Waals surface area contributed by atoms with Gasteiger partial charge in [0.15, 0.2) is 6.61 Å². The van der Waals surface area contributed by atoms with Crippen LogP contribution in [0, 0.1) is 18.8 Å². The van der Waals surface area contributed by atoms with Crippen LogP contribution < -0.4 is 15.7 Å². The molecule has 2 aliphatic rings. The van der Waals surface area contributed by atoms with E-state index in [2.05, 4.69) is 19.2 Å². The molecule has 4 rings (SSSR count). The van der Waals surface area contributed by atoms with Crippen LogP contribution in [0.2, 0.25) is 0 Å². The highest BCUT2D eigenvalue weighted by Gasteiger charge is 2.28. The second-order valence-corrected chi connectivity index (χ2v) is 8.92. The molecule has 1 fully saturated rings. The average molecular weight is 398 g/mol. The molecule has 5 heteroatoms. The second kappa shape index (κ2) is 8.21. The lowest BCUT2D eigenvalue weighted by Gasteiger charge is -2.34. The molecule has 2 aromatic rings. The van der Waals surface area contributed by atoms with Gasteiger partial charge in [0, 0.05) is 11.6 Å². The Morgan fingerprint density at radius 3 is 2.69 bits per heavy atom. The van der Waals surface area contributed by atoms with E-state index in [-0.39, 0.29) is 24.2 Å². The Balaban J connectivity index is 1.56. The van der Waals surface area contributed by atoms with Gasteiger partial charge in [-0.05, 0) is 74.1 Å². The molecule has 1 heterocycles. The van der Waals surface area contributed by atoms with E-state index < -0.39 is 0 Å². The predicted octanol–water partition coefficient (Wildman–Crippen LogP) is 4.30. The van der Waals surface area contributed by atoms with E-state index in [0.29, 0.717) is 23.2 Å². The number of aryl methyl sites for hydroxylation is 2. The van der Waals surface area contributed by atoms with Gasteiger partial charge in [0.1, 0.15) is 11.3 Å². The monoisotopic (exact) mass is 397 g/mol. The Bertz CT molecular complexity index is 977. The van der Waals surface area contributed by atoms with Crippen molar-refractivity contribution in [2.75, 3.05) is 6.61 Å². The number of carbonyl (C=O) groups excluding carboxylic acids is 1. The highest BCUT2D eigenvalue weighted by atomic mass is 16.5. The lowest BCUT2D eigenvalue weighted by Crippen LogP contribution is -2.45. The molecule has 1 amide bonds. The molecule has 1 N–H and O–H groups in total. The maximum Gasteiger partial charge on any atom is 0.339 e. The van der Waals surface area contributed by atoms with Crippen LogP contribution in [0.1, 0.15) is 62.6 Å². The summed E-state index contributed by atoms with van der Waals surface area (Å²) >= 11 is 0. The SMILES string of the molecule is Cc1cc(OCC(=O)N[C@H]2CCC[C@@H](C)[C@H]2C)c2c3c(c(=O)oc2c1)CCCC3. The summed E-state index contributed by atoms with van der Waals surface area (Å²) in [5.41, 5.74) is 3.07. The topological polar surface area (TPSA) is 68.5 Å². The average Bonchev–Trinajstić information content (AvgIpc) is 2.69. The molecule has 0 bridgehead atoms. The van der Waals surface area contributed by atoms with Gasteiger partial charge in [-0.3, -0.25) is 4.79 Å². The Hall–Kier alpha value is -2.30. The second-order valence-electron chi connectivity index (χ2n) is 8.92. The minimum atomic E-state index is -0.234. The zero-order chi connectivity index (χ0) is 20.5. The van der Waals surface area contributed by atoms with Gasteiger partial charge in [-0.25, -0.2) is 4.79 Å². The smallest absolute Gasteiger partial charge is 0.339 e. The fourth-order valence-electron chi connectivity index (χ4n) is 4.96. The molecule has 0 saturated heterocycles. The van der Waals surface area contributed by atoms with Gasteiger partial charge in [0.2, 0.25) is 0 Å². The van der Waals surface area contributed by atoms with Gasteiger partial charge in [-0.1, -0.05) is 26.7 Å². The minimum absolute atomic E-state index is 0.0238. The van der Waals surface area contributed by atoms with Crippen molar-refractivity contribution in [1.29, 1.82) is 0 Å². The highest BCUT2D eigenvalue weighted by Crippen LogP contribution is 2.34. The van der Waals surface area contributed by atoms with Crippen LogP contribution >= 0.6 is 0 Å². The van der Waals surface area contributed by atoms with Crippen LogP contribution in [0.5, 0.6) is 5.75 Å². The summed E-state index contributed by atoms with van der Waals surface area (Å²) in [6.45, 7) is 6.40. The molecule has 1 saturated carbocycles. The normalized spacial score (nSPS) is 24.2. The van der Waals surface area contributed by atoms with E-state index >= 15 is 0 Å². The summed E-state index contributed by atoms with van der Waals surface area (Å²) in [5.74, 6) is 1.66. The lowest BCUT2D eigenvalue weighted by molar-refractivity contribution is -0.124. The van der Waals surface area contributed by atoms with Crippen LogP contribution in [0.15, 0.2) is 21.3 Å². The van der Waals surface area contributed by atoms with Crippen molar-refractivity contribution >= 4 is 16.9 Å². The van der Waals surface area contributed by atoms with Crippen molar-refractivity contribution in [2.45, 2.75) is 71.8 Å². The quantitative estimate of drug-likeness (QED) is 0.781. The summed E-state index contributed by atoms with van der Waals surface area (Å²) in [6.07, 6.45) is 7.08. The van der Waals surface area contributed by atoms with Crippen molar-refractivity contribution in [3.05, 3.63) is 39.2 Å². The van der Waals surface area contributed by atoms with Crippen molar-refractivity contribution in [3.63, 3.8) is 0 Å². The Kier molecular flexibility index (Phi) is 5.66. The predicted molar refractivity (Wildman–Crippen MR) is 113 cm³/mol. The number of rotatable bonds is 4. The zero-order valence-electron chi connectivity index (χ0n) is 17.7. The van der Waals surface area contributed by atoms with Crippen LogP contribution in [-0.2, 0) is 17.6 Å². The number of fused-ring (bicyclic) bond motifs is 3. The minimum Gasteiger partial charge on any atom is -0.483 e. The van der Waals surface area contributed by atoms with Crippen LogP contribution in [-0.4, -0.2) is 18.6 Å². The molecule has 29 heavy (non-hydrogen) atoms. The number of hydrogen-bond donors (Lipinski definition) is 1. The lowest BCUT2D eigenvalue weighted by atomic mass is 9.78. The number of amides is 1. The van der Waals surface area contributed by atoms with Gasteiger partial charge >= 0.3 is 5.63 Å². The van der Waals surface area contributed by atoms with Crippen molar-refractivity contribution < 1.29 is 13.9 Å². The third-order valence-electron chi connectivity index (χ3n) is 6.84. The highest BCUT2D eigenvalue weighted by molar-refractivity contribution is 5.89. The fraction of sp³-hybridized carbons (Fsp3) is 0.583. The molecule has 1 aromatic carbocycles.